The number of carbonyl (C=O) groups excluding carboxylic acids is 1. The highest BCUT2D eigenvalue weighted by molar-refractivity contribution is 6.30. The molecule has 4 rings (SSSR count). The van der Waals surface area contributed by atoms with Gasteiger partial charge in [0.05, 0.1) is 5.56 Å². The summed E-state index contributed by atoms with van der Waals surface area (Å²) in [7, 11) is 4.25. The maximum Gasteiger partial charge on any atom is 0.257 e. The Kier molecular flexibility index (Phi) is 6.39. The molecule has 0 bridgehead atoms. The first-order valence-corrected chi connectivity index (χ1v) is 10.6. The molecule has 1 atom stereocenters. The van der Waals surface area contributed by atoms with Crippen LogP contribution in [0.3, 0.4) is 0 Å². The van der Waals surface area contributed by atoms with Crippen LogP contribution in [0, 0.1) is 0 Å². The number of halogens is 1. The molecule has 3 aromatic rings. The number of rotatable bonds is 6. The van der Waals surface area contributed by atoms with Crippen LogP contribution in [-0.2, 0) is 0 Å². The molecule has 7 heteroatoms. The van der Waals surface area contributed by atoms with Crippen molar-refractivity contribution in [1.82, 2.24) is 9.88 Å². The molecule has 1 aliphatic heterocycles. The van der Waals surface area contributed by atoms with E-state index in [9.17, 15) is 4.79 Å². The molecule has 1 amide bonds. The van der Waals surface area contributed by atoms with E-state index >= 15 is 0 Å². The van der Waals surface area contributed by atoms with Crippen LogP contribution in [0.25, 0.3) is 0 Å². The third-order valence-electron chi connectivity index (χ3n) is 5.42. The molecule has 1 N–H and O–H groups in total. The molecule has 0 spiro atoms. The van der Waals surface area contributed by atoms with Gasteiger partial charge < -0.3 is 19.9 Å². The fraction of sp³-hybridized carbons (Fsp3) is 0.250. The number of nitrogens with zero attached hydrogens (tertiary/aromatic N) is 3. The first-order chi connectivity index (χ1) is 15.0. The fourth-order valence-electron chi connectivity index (χ4n) is 3.56. The number of carbonyl (C=O) groups is 1. The Morgan fingerprint density at radius 3 is 2.45 bits per heavy atom. The molecule has 1 unspecified atom stereocenters. The topological polar surface area (TPSA) is 57.7 Å². The molecule has 2 aromatic carbocycles. The Morgan fingerprint density at radius 1 is 1.10 bits per heavy atom. The maximum absolute atomic E-state index is 12.6. The molecule has 31 heavy (non-hydrogen) atoms. The minimum absolute atomic E-state index is 0.216. The van der Waals surface area contributed by atoms with Gasteiger partial charge in [0.2, 0.25) is 5.88 Å². The number of benzene rings is 2. The van der Waals surface area contributed by atoms with E-state index in [0.29, 0.717) is 28.3 Å². The number of aromatic nitrogens is 1. The number of anilines is 2. The van der Waals surface area contributed by atoms with Crippen molar-refractivity contribution in [1.29, 1.82) is 0 Å². The van der Waals surface area contributed by atoms with E-state index in [1.165, 1.54) is 11.9 Å². The molecule has 160 valence electrons. The van der Waals surface area contributed by atoms with Crippen LogP contribution < -0.4 is 15.0 Å². The second kappa shape index (κ2) is 9.37. The maximum atomic E-state index is 12.6. The Balaban J connectivity index is 1.34. The summed E-state index contributed by atoms with van der Waals surface area (Å²) in [4.78, 5) is 21.4. The molecule has 0 radical (unpaired) electrons. The molecule has 0 saturated carbocycles. The normalized spacial score (nSPS) is 15.9. The zero-order valence-corrected chi connectivity index (χ0v) is 18.3. The predicted molar refractivity (Wildman–Crippen MR) is 124 cm³/mol. The van der Waals surface area contributed by atoms with Gasteiger partial charge in [-0.05, 0) is 75.1 Å². The van der Waals surface area contributed by atoms with Gasteiger partial charge in [-0.25, -0.2) is 4.98 Å². The van der Waals surface area contributed by atoms with Crippen molar-refractivity contribution in [2.24, 2.45) is 0 Å². The van der Waals surface area contributed by atoms with E-state index in [1.807, 2.05) is 12.1 Å². The van der Waals surface area contributed by atoms with Gasteiger partial charge in [-0.1, -0.05) is 11.6 Å². The summed E-state index contributed by atoms with van der Waals surface area (Å²) in [6, 6.07) is 18.9. The number of amides is 1. The second-order valence-corrected chi connectivity index (χ2v) is 8.23. The minimum atomic E-state index is -0.216. The average Bonchev–Trinajstić information content (AvgIpc) is 3.27. The molecule has 6 nitrogen and oxygen atoms in total. The van der Waals surface area contributed by atoms with Gasteiger partial charge in [0, 0.05) is 47.8 Å². The average molecular weight is 437 g/mol. The largest absolute Gasteiger partial charge is 0.439 e. The zero-order chi connectivity index (χ0) is 21.8. The van der Waals surface area contributed by atoms with Crippen molar-refractivity contribution in [2.45, 2.75) is 12.5 Å². The predicted octanol–water partition coefficient (Wildman–Crippen LogP) is 4.92. The van der Waals surface area contributed by atoms with Crippen LogP contribution >= 0.6 is 11.6 Å². The minimum Gasteiger partial charge on any atom is -0.439 e. The van der Waals surface area contributed by atoms with Crippen LogP contribution in [0.4, 0.5) is 11.4 Å². The van der Waals surface area contributed by atoms with Crippen molar-refractivity contribution >= 4 is 28.9 Å². The van der Waals surface area contributed by atoms with Crippen LogP contribution in [0.15, 0.2) is 66.9 Å². The van der Waals surface area contributed by atoms with Gasteiger partial charge in [0.15, 0.2) is 0 Å². The summed E-state index contributed by atoms with van der Waals surface area (Å²) in [6.45, 7) is 2.07. The van der Waals surface area contributed by atoms with Gasteiger partial charge in [0.1, 0.15) is 5.75 Å². The Labute approximate surface area is 187 Å². The first-order valence-electron chi connectivity index (χ1n) is 10.2. The summed E-state index contributed by atoms with van der Waals surface area (Å²) in [5, 5.41) is 3.55. The lowest BCUT2D eigenvalue weighted by molar-refractivity contribution is 0.102. The molecule has 1 saturated heterocycles. The standard InChI is InChI=1S/C24H25ClN4O2/c1-28(2)21-13-14-29(16-21)20-8-6-19(7-9-20)27-24(30)17-3-12-23(26-15-17)31-22-10-4-18(25)5-11-22/h3-12,15,21H,13-14,16H2,1-2H3,(H,27,30). The third-order valence-corrected chi connectivity index (χ3v) is 5.67. The van der Waals surface area contributed by atoms with Crippen molar-refractivity contribution in [3.63, 3.8) is 0 Å². The highest BCUT2D eigenvalue weighted by atomic mass is 35.5. The van der Waals surface area contributed by atoms with Crippen LogP contribution in [0.5, 0.6) is 11.6 Å². The molecule has 1 aromatic heterocycles. The van der Waals surface area contributed by atoms with E-state index < -0.39 is 0 Å². The number of hydrogen-bond donors (Lipinski definition) is 1. The van der Waals surface area contributed by atoms with Gasteiger partial charge in [-0.2, -0.15) is 0 Å². The number of nitrogens with one attached hydrogen (secondary N) is 1. The first kappa shape index (κ1) is 21.2. The highest BCUT2D eigenvalue weighted by Crippen LogP contribution is 2.25. The van der Waals surface area contributed by atoms with Crippen molar-refractivity contribution in [3.8, 4) is 11.6 Å². The molecule has 0 aliphatic carbocycles. The quantitative estimate of drug-likeness (QED) is 0.594. The number of pyridine rings is 1. The van der Waals surface area contributed by atoms with E-state index in [1.54, 1.807) is 36.4 Å². The smallest absolute Gasteiger partial charge is 0.257 e. The lowest BCUT2D eigenvalue weighted by Gasteiger charge is -2.22. The van der Waals surface area contributed by atoms with Crippen LogP contribution in [0.2, 0.25) is 5.02 Å². The van der Waals surface area contributed by atoms with E-state index in [0.717, 1.165) is 25.2 Å². The summed E-state index contributed by atoms with van der Waals surface area (Å²) in [6.07, 6.45) is 2.66. The van der Waals surface area contributed by atoms with E-state index in [2.05, 4.69) is 46.3 Å². The molecule has 1 fully saturated rings. The van der Waals surface area contributed by atoms with E-state index in [4.69, 9.17) is 16.3 Å². The highest BCUT2D eigenvalue weighted by Gasteiger charge is 2.24. The lowest BCUT2D eigenvalue weighted by Crippen LogP contribution is -2.31. The van der Waals surface area contributed by atoms with Gasteiger partial charge >= 0.3 is 0 Å². The van der Waals surface area contributed by atoms with Gasteiger partial charge in [-0.3, -0.25) is 4.79 Å². The molecule has 2 heterocycles. The molecule has 1 aliphatic rings. The third kappa shape index (κ3) is 5.34. The van der Waals surface area contributed by atoms with Crippen LogP contribution in [-0.4, -0.2) is 49.0 Å². The van der Waals surface area contributed by atoms with E-state index in [-0.39, 0.29) is 5.91 Å². The lowest BCUT2D eigenvalue weighted by atomic mass is 10.2. The fourth-order valence-corrected chi connectivity index (χ4v) is 3.68. The number of ether oxygens (including phenoxy) is 1. The van der Waals surface area contributed by atoms with Crippen molar-refractivity contribution in [2.75, 3.05) is 37.4 Å². The van der Waals surface area contributed by atoms with Crippen LogP contribution in [0.1, 0.15) is 16.8 Å². The Bertz CT molecular complexity index is 1020. The molecular formula is C24H25ClN4O2. The summed E-state index contributed by atoms with van der Waals surface area (Å²) < 4.78 is 5.66. The summed E-state index contributed by atoms with van der Waals surface area (Å²) >= 11 is 5.88. The summed E-state index contributed by atoms with van der Waals surface area (Å²) in [5.74, 6) is 0.820. The van der Waals surface area contributed by atoms with Crippen molar-refractivity contribution < 1.29 is 9.53 Å². The SMILES string of the molecule is CN(C)C1CCN(c2ccc(NC(=O)c3ccc(Oc4ccc(Cl)cc4)nc3)cc2)C1. The second-order valence-electron chi connectivity index (χ2n) is 7.79. The zero-order valence-electron chi connectivity index (χ0n) is 17.6. The Morgan fingerprint density at radius 2 is 1.84 bits per heavy atom. The molecular weight excluding hydrogens is 412 g/mol. The van der Waals surface area contributed by atoms with Crippen molar-refractivity contribution in [3.05, 3.63) is 77.4 Å². The summed E-state index contributed by atoms with van der Waals surface area (Å²) in [5.41, 5.74) is 2.38. The van der Waals surface area contributed by atoms with Gasteiger partial charge in [-0.15, -0.1) is 0 Å². The monoisotopic (exact) mass is 436 g/mol. The number of likely N-dealkylation sites (N-methyl/N-ethyl adjacent to an activating group) is 1. The Hall–Kier alpha value is -3.09. The number of hydrogen-bond acceptors (Lipinski definition) is 5. The van der Waals surface area contributed by atoms with Gasteiger partial charge in [0.25, 0.3) is 5.91 Å².